The van der Waals surface area contributed by atoms with Crippen LogP contribution < -0.4 is 9.80 Å². The Morgan fingerprint density at radius 3 is 1.79 bits per heavy atom. The maximum atomic E-state index is 11.4. The first-order valence-electron chi connectivity index (χ1n) is 7.46. The molecule has 0 aliphatic carbocycles. The van der Waals surface area contributed by atoms with Gasteiger partial charge in [-0.2, -0.15) is 4.98 Å². The van der Waals surface area contributed by atoms with Crippen molar-refractivity contribution < 1.29 is 25.3 Å². The lowest BCUT2D eigenvalue weighted by molar-refractivity contribution is -0.385. The van der Waals surface area contributed by atoms with Gasteiger partial charge in [0.1, 0.15) is 5.69 Å². The zero-order valence-electron chi connectivity index (χ0n) is 13.5. The molecular weight excluding hydrogens is 322 g/mol. The average molecular weight is 345 g/mol. The maximum absolute atomic E-state index is 11.4. The number of aliphatic hydroxyl groups excluding tert-OH is 4. The van der Waals surface area contributed by atoms with E-state index in [9.17, 15) is 10.1 Å². The van der Waals surface area contributed by atoms with Gasteiger partial charge < -0.3 is 30.2 Å². The van der Waals surface area contributed by atoms with E-state index in [4.69, 9.17) is 20.4 Å². The number of aromatic nitrogens is 2. The van der Waals surface area contributed by atoms with Gasteiger partial charge in [0.25, 0.3) is 0 Å². The number of nitrogens with zero attached hydrogens (tertiary/aromatic N) is 5. The van der Waals surface area contributed by atoms with E-state index in [2.05, 4.69) is 9.97 Å². The van der Waals surface area contributed by atoms with Crippen LogP contribution in [-0.2, 0) is 0 Å². The van der Waals surface area contributed by atoms with Crippen LogP contribution in [0.15, 0.2) is 0 Å². The summed E-state index contributed by atoms with van der Waals surface area (Å²) < 4.78 is 0. The molecule has 0 spiro atoms. The van der Waals surface area contributed by atoms with Crippen molar-refractivity contribution in [1.82, 2.24) is 9.97 Å². The van der Waals surface area contributed by atoms with E-state index in [0.29, 0.717) is 0 Å². The highest BCUT2D eigenvalue weighted by Crippen LogP contribution is 2.30. The number of aliphatic hydroxyl groups is 4. The van der Waals surface area contributed by atoms with Gasteiger partial charge in [0.2, 0.25) is 11.8 Å². The predicted molar refractivity (Wildman–Crippen MR) is 86.2 cm³/mol. The molecule has 1 heterocycles. The Hall–Kier alpha value is -2.08. The Morgan fingerprint density at radius 2 is 1.38 bits per heavy atom. The molecule has 1 aromatic heterocycles. The van der Waals surface area contributed by atoms with E-state index >= 15 is 0 Å². The quantitative estimate of drug-likeness (QED) is 0.268. The molecule has 0 bridgehead atoms. The molecule has 4 N–H and O–H groups in total. The zero-order chi connectivity index (χ0) is 18.1. The fourth-order valence-corrected chi connectivity index (χ4v) is 2.23. The molecule has 0 saturated carbocycles. The van der Waals surface area contributed by atoms with Gasteiger partial charge in [-0.1, -0.05) is 0 Å². The first kappa shape index (κ1) is 20.0. The highest BCUT2D eigenvalue weighted by molar-refractivity contribution is 5.62. The summed E-state index contributed by atoms with van der Waals surface area (Å²) in [4.78, 5) is 21.9. The number of anilines is 2. The van der Waals surface area contributed by atoms with Gasteiger partial charge in [-0.3, -0.25) is 10.1 Å². The largest absolute Gasteiger partial charge is 0.395 e. The first-order valence-corrected chi connectivity index (χ1v) is 7.46. The minimum Gasteiger partial charge on any atom is -0.395 e. The summed E-state index contributed by atoms with van der Waals surface area (Å²) in [6, 6.07) is 0. The van der Waals surface area contributed by atoms with Crippen LogP contribution in [0.2, 0.25) is 0 Å². The fraction of sp³-hybridized carbons (Fsp3) is 0.692. The van der Waals surface area contributed by atoms with Crippen LogP contribution in [-0.4, -0.2) is 87.9 Å². The fourth-order valence-electron chi connectivity index (χ4n) is 2.23. The third-order valence-electron chi connectivity index (χ3n) is 3.27. The summed E-state index contributed by atoms with van der Waals surface area (Å²) in [6.07, 6.45) is 0. The Bertz CT molecular complexity index is 532. The molecule has 0 radical (unpaired) electrons. The third kappa shape index (κ3) is 4.96. The van der Waals surface area contributed by atoms with Gasteiger partial charge in [0.15, 0.2) is 0 Å². The molecule has 11 heteroatoms. The second-order valence-electron chi connectivity index (χ2n) is 4.91. The van der Waals surface area contributed by atoms with Crippen molar-refractivity contribution >= 4 is 17.5 Å². The standard InChI is InChI=1S/C13H23N5O6/c1-10-11(18(23)24)12(16(2-6-19)3-7-20)15-13(14-10)17(4-8-21)5-9-22/h19-22H,2-9H2,1H3. The molecule has 0 atom stereocenters. The van der Waals surface area contributed by atoms with Crippen LogP contribution in [0.4, 0.5) is 17.5 Å². The van der Waals surface area contributed by atoms with Crippen molar-refractivity contribution in [3.05, 3.63) is 15.8 Å². The SMILES string of the molecule is Cc1nc(N(CCO)CCO)nc(N(CCO)CCO)c1[N+](=O)[O-]. The molecular formula is C13H23N5O6. The number of rotatable bonds is 11. The summed E-state index contributed by atoms with van der Waals surface area (Å²) in [5, 5.41) is 47.9. The molecule has 0 unspecified atom stereocenters. The van der Waals surface area contributed by atoms with E-state index in [1.165, 1.54) is 16.7 Å². The summed E-state index contributed by atoms with van der Waals surface area (Å²) in [5.41, 5.74) is -0.199. The Labute approximate surface area is 139 Å². The first-order chi connectivity index (χ1) is 11.5. The molecule has 0 aliphatic heterocycles. The van der Waals surface area contributed by atoms with Crippen LogP contribution >= 0.6 is 0 Å². The van der Waals surface area contributed by atoms with Gasteiger partial charge in [-0.25, -0.2) is 4.98 Å². The van der Waals surface area contributed by atoms with Gasteiger partial charge in [0.05, 0.1) is 31.4 Å². The smallest absolute Gasteiger partial charge is 0.332 e. The van der Waals surface area contributed by atoms with Crippen molar-refractivity contribution in [3.63, 3.8) is 0 Å². The number of hydrogen-bond donors (Lipinski definition) is 4. The van der Waals surface area contributed by atoms with Gasteiger partial charge in [-0.05, 0) is 6.92 Å². The third-order valence-corrected chi connectivity index (χ3v) is 3.27. The zero-order valence-corrected chi connectivity index (χ0v) is 13.5. The minimum absolute atomic E-state index is 0.0218. The Morgan fingerprint density at radius 1 is 0.917 bits per heavy atom. The molecule has 0 amide bonds. The van der Waals surface area contributed by atoms with Crippen molar-refractivity contribution in [2.24, 2.45) is 0 Å². The predicted octanol–water partition coefficient (Wildman–Crippen LogP) is -1.72. The van der Waals surface area contributed by atoms with Crippen LogP contribution in [0, 0.1) is 17.0 Å². The lowest BCUT2D eigenvalue weighted by Gasteiger charge is -2.25. The second-order valence-corrected chi connectivity index (χ2v) is 4.91. The highest BCUT2D eigenvalue weighted by Gasteiger charge is 2.27. The van der Waals surface area contributed by atoms with E-state index in [0.717, 1.165) is 0 Å². The van der Waals surface area contributed by atoms with Gasteiger partial charge in [0, 0.05) is 26.2 Å². The number of aryl methyl sites for hydroxylation is 1. The second kappa shape index (κ2) is 9.93. The molecule has 136 valence electrons. The molecule has 0 aliphatic rings. The highest BCUT2D eigenvalue weighted by atomic mass is 16.6. The maximum Gasteiger partial charge on any atom is 0.332 e. The molecule has 11 nitrogen and oxygen atoms in total. The lowest BCUT2D eigenvalue weighted by atomic mass is 10.3. The minimum atomic E-state index is -0.612. The monoisotopic (exact) mass is 345 g/mol. The van der Waals surface area contributed by atoms with E-state index in [1.807, 2.05) is 0 Å². The van der Waals surface area contributed by atoms with Gasteiger partial charge in [-0.15, -0.1) is 0 Å². The Kier molecular flexibility index (Phi) is 8.26. The average Bonchev–Trinajstić information content (AvgIpc) is 2.53. The van der Waals surface area contributed by atoms with Crippen LogP contribution in [0.5, 0.6) is 0 Å². The normalized spacial score (nSPS) is 10.7. The molecule has 0 aromatic carbocycles. The molecule has 0 saturated heterocycles. The summed E-state index contributed by atoms with van der Waals surface area (Å²) in [6.45, 7) is 0.915. The Balaban J connectivity index is 3.42. The summed E-state index contributed by atoms with van der Waals surface area (Å²) in [7, 11) is 0. The summed E-state index contributed by atoms with van der Waals surface area (Å²) in [5.74, 6) is 0.101. The molecule has 0 fully saturated rings. The lowest BCUT2D eigenvalue weighted by Crippen LogP contribution is -2.34. The van der Waals surface area contributed by atoms with Crippen molar-refractivity contribution in [1.29, 1.82) is 0 Å². The van der Waals surface area contributed by atoms with E-state index in [1.54, 1.807) is 0 Å². The van der Waals surface area contributed by atoms with Crippen LogP contribution in [0.3, 0.4) is 0 Å². The van der Waals surface area contributed by atoms with Crippen LogP contribution in [0.1, 0.15) is 5.69 Å². The molecule has 24 heavy (non-hydrogen) atoms. The van der Waals surface area contributed by atoms with E-state index in [-0.39, 0.29) is 75.8 Å². The van der Waals surface area contributed by atoms with Crippen LogP contribution in [0.25, 0.3) is 0 Å². The molecule has 1 aromatic rings. The molecule has 1 rings (SSSR count). The topological polar surface area (TPSA) is 156 Å². The van der Waals surface area contributed by atoms with Gasteiger partial charge >= 0.3 is 5.69 Å². The van der Waals surface area contributed by atoms with Crippen molar-refractivity contribution in [3.8, 4) is 0 Å². The summed E-state index contributed by atoms with van der Waals surface area (Å²) >= 11 is 0. The van der Waals surface area contributed by atoms with Crippen molar-refractivity contribution in [2.45, 2.75) is 6.92 Å². The van der Waals surface area contributed by atoms with E-state index < -0.39 is 4.92 Å². The number of hydrogen-bond acceptors (Lipinski definition) is 10. The number of nitro groups is 1. The van der Waals surface area contributed by atoms with Crippen molar-refractivity contribution in [2.75, 3.05) is 62.4 Å².